The lowest BCUT2D eigenvalue weighted by molar-refractivity contribution is -0.132. The zero-order valence-corrected chi connectivity index (χ0v) is 10.9. The molecule has 1 saturated carbocycles. The van der Waals surface area contributed by atoms with E-state index in [1.165, 1.54) is 12.8 Å². The number of carbonyl (C=O) groups is 1. The summed E-state index contributed by atoms with van der Waals surface area (Å²) >= 11 is 0. The third-order valence-corrected chi connectivity index (χ3v) is 4.57. The van der Waals surface area contributed by atoms with Crippen molar-refractivity contribution in [3.8, 4) is 0 Å². The molecule has 0 aromatic rings. The summed E-state index contributed by atoms with van der Waals surface area (Å²) in [4.78, 5) is 14.3. The molecule has 1 heterocycles. The Bertz CT molecular complexity index is 279. The Morgan fingerprint density at radius 2 is 2.00 bits per heavy atom. The Labute approximate surface area is 98.6 Å². The molecule has 92 valence electrons. The van der Waals surface area contributed by atoms with Crippen molar-refractivity contribution in [3.63, 3.8) is 0 Å². The fourth-order valence-electron chi connectivity index (χ4n) is 3.26. The van der Waals surface area contributed by atoms with Gasteiger partial charge in [-0.15, -0.1) is 0 Å². The monoisotopic (exact) mass is 224 g/mol. The molecule has 2 aliphatic rings. The van der Waals surface area contributed by atoms with Gasteiger partial charge in [-0.1, -0.05) is 20.8 Å². The lowest BCUT2D eigenvalue weighted by Crippen LogP contribution is -2.46. The maximum Gasteiger partial charge on any atom is 0.240 e. The van der Waals surface area contributed by atoms with E-state index in [-0.39, 0.29) is 12.2 Å². The van der Waals surface area contributed by atoms with Crippen LogP contribution in [0.25, 0.3) is 0 Å². The predicted octanol–water partition coefficient (Wildman–Crippen LogP) is 1.98. The SMILES string of the molecule is CCC1NC(C)C(=O)N1C1CCC(C)C1C. The highest BCUT2D eigenvalue weighted by Gasteiger charge is 2.44. The van der Waals surface area contributed by atoms with Crippen molar-refractivity contribution in [3.05, 3.63) is 0 Å². The maximum absolute atomic E-state index is 12.2. The fraction of sp³-hybridized carbons (Fsp3) is 0.923. The third kappa shape index (κ3) is 1.75. The van der Waals surface area contributed by atoms with Gasteiger partial charge in [0.05, 0.1) is 12.2 Å². The molecule has 0 radical (unpaired) electrons. The maximum atomic E-state index is 12.2. The average molecular weight is 224 g/mol. The lowest BCUT2D eigenvalue weighted by Gasteiger charge is -2.33. The second-order valence-electron chi connectivity index (χ2n) is 5.54. The molecule has 0 bridgehead atoms. The van der Waals surface area contributed by atoms with Crippen molar-refractivity contribution >= 4 is 5.91 Å². The smallest absolute Gasteiger partial charge is 0.240 e. The molecule has 1 N–H and O–H groups in total. The van der Waals surface area contributed by atoms with E-state index in [1.54, 1.807) is 0 Å². The Hall–Kier alpha value is -0.570. The van der Waals surface area contributed by atoms with Crippen LogP contribution in [0.1, 0.15) is 47.0 Å². The summed E-state index contributed by atoms with van der Waals surface area (Å²) in [6.07, 6.45) is 3.72. The van der Waals surface area contributed by atoms with Crippen LogP contribution in [0.3, 0.4) is 0 Å². The van der Waals surface area contributed by atoms with Gasteiger partial charge in [0.1, 0.15) is 0 Å². The highest BCUT2D eigenvalue weighted by atomic mass is 16.2. The molecule has 0 aromatic heterocycles. The van der Waals surface area contributed by atoms with Gasteiger partial charge in [-0.25, -0.2) is 0 Å². The van der Waals surface area contributed by atoms with Crippen LogP contribution in [-0.2, 0) is 4.79 Å². The number of amides is 1. The van der Waals surface area contributed by atoms with Crippen LogP contribution in [0, 0.1) is 11.8 Å². The second-order valence-corrected chi connectivity index (χ2v) is 5.54. The van der Waals surface area contributed by atoms with E-state index in [0.717, 1.165) is 12.3 Å². The van der Waals surface area contributed by atoms with Gasteiger partial charge in [0.25, 0.3) is 0 Å². The van der Waals surface area contributed by atoms with Crippen LogP contribution in [0.4, 0.5) is 0 Å². The zero-order chi connectivity index (χ0) is 11.9. The fourth-order valence-corrected chi connectivity index (χ4v) is 3.26. The van der Waals surface area contributed by atoms with E-state index >= 15 is 0 Å². The molecule has 2 fully saturated rings. The topological polar surface area (TPSA) is 32.3 Å². The van der Waals surface area contributed by atoms with Gasteiger partial charge in [-0.2, -0.15) is 0 Å². The molecule has 3 heteroatoms. The highest BCUT2D eigenvalue weighted by molar-refractivity contribution is 5.84. The van der Waals surface area contributed by atoms with Gasteiger partial charge in [0, 0.05) is 6.04 Å². The van der Waals surface area contributed by atoms with Gasteiger partial charge in [-0.3, -0.25) is 10.1 Å². The van der Waals surface area contributed by atoms with E-state index in [0.29, 0.717) is 17.9 Å². The van der Waals surface area contributed by atoms with Crippen LogP contribution in [-0.4, -0.2) is 29.1 Å². The molecule has 1 aliphatic heterocycles. The lowest BCUT2D eigenvalue weighted by atomic mass is 9.96. The number of hydrogen-bond acceptors (Lipinski definition) is 2. The largest absolute Gasteiger partial charge is 0.323 e. The molecule has 5 atom stereocenters. The predicted molar refractivity (Wildman–Crippen MR) is 64.9 cm³/mol. The quantitative estimate of drug-likeness (QED) is 0.778. The molecule has 16 heavy (non-hydrogen) atoms. The Morgan fingerprint density at radius 1 is 1.31 bits per heavy atom. The molecule has 2 rings (SSSR count). The zero-order valence-electron chi connectivity index (χ0n) is 10.9. The first-order valence-corrected chi connectivity index (χ1v) is 6.64. The molecular weight excluding hydrogens is 200 g/mol. The highest BCUT2D eigenvalue weighted by Crippen LogP contribution is 2.37. The molecule has 1 saturated heterocycles. The van der Waals surface area contributed by atoms with Crippen molar-refractivity contribution in [2.24, 2.45) is 11.8 Å². The minimum atomic E-state index is 0.00746. The summed E-state index contributed by atoms with van der Waals surface area (Å²) in [6.45, 7) is 8.74. The summed E-state index contributed by atoms with van der Waals surface area (Å²) in [5.41, 5.74) is 0. The van der Waals surface area contributed by atoms with Crippen LogP contribution >= 0.6 is 0 Å². The first-order valence-electron chi connectivity index (χ1n) is 6.64. The Morgan fingerprint density at radius 3 is 2.50 bits per heavy atom. The molecule has 5 unspecified atom stereocenters. The Kier molecular flexibility index (Phi) is 3.24. The van der Waals surface area contributed by atoms with E-state index in [4.69, 9.17) is 0 Å². The minimum Gasteiger partial charge on any atom is -0.323 e. The van der Waals surface area contributed by atoms with Crippen molar-refractivity contribution < 1.29 is 4.79 Å². The summed E-state index contributed by atoms with van der Waals surface area (Å²) in [5.74, 6) is 1.70. The molecule has 3 nitrogen and oxygen atoms in total. The minimum absolute atomic E-state index is 0.00746. The second kappa shape index (κ2) is 4.36. The number of nitrogens with one attached hydrogen (secondary N) is 1. The summed E-state index contributed by atoms with van der Waals surface area (Å²) in [6, 6.07) is 0.470. The molecule has 0 spiro atoms. The van der Waals surface area contributed by atoms with E-state index < -0.39 is 0 Å². The van der Waals surface area contributed by atoms with Gasteiger partial charge in [0.15, 0.2) is 0 Å². The first-order chi connectivity index (χ1) is 7.56. The Balaban J connectivity index is 2.15. The number of carbonyl (C=O) groups excluding carboxylic acids is 1. The van der Waals surface area contributed by atoms with E-state index in [2.05, 4.69) is 31.0 Å². The molecule has 1 amide bonds. The van der Waals surface area contributed by atoms with Crippen LogP contribution in [0.5, 0.6) is 0 Å². The normalized spacial score (nSPS) is 44.4. The molecular formula is C13H24N2O. The molecule has 1 aliphatic carbocycles. The van der Waals surface area contributed by atoms with Crippen LogP contribution < -0.4 is 5.32 Å². The number of rotatable bonds is 2. The van der Waals surface area contributed by atoms with Crippen molar-refractivity contribution in [2.75, 3.05) is 0 Å². The molecule has 0 aromatic carbocycles. The van der Waals surface area contributed by atoms with Crippen molar-refractivity contribution in [1.82, 2.24) is 10.2 Å². The van der Waals surface area contributed by atoms with Crippen molar-refractivity contribution in [2.45, 2.75) is 65.2 Å². The summed E-state index contributed by atoms with van der Waals surface area (Å²) in [7, 11) is 0. The van der Waals surface area contributed by atoms with E-state index in [9.17, 15) is 4.79 Å². The summed E-state index contributed by atoms with van der Waals surface area (Å²) in [5, 5.41) is 3.39. The first kappa shape index (κ1) is 11.9. The van der Waals surface area contributed by atoms with E-state index in [1.807, 2.05) is 6.92 Å². The van der Waals surface area contributed by atoms with Gasteiger partial charge >= 0.3 is 0 Å². The standard InChI is InChI=1S/C13H24N2O/c1-5-12-14-10(4)13(16)15(12)11-7-6-8(2)9(11)3/h8-12,14H,5-7H2,1-4H3. The van der Waals surface area contributed by atoms with Crippen molar-refractivity contribution in [1.29, 1.82) is 0 Å². The number of nitrogens with zero attached hydrogens (tertiary/aromatic N) is 1. The van der Waals surface area contributed by atoms with Gasteiger partial charge < -0.3 is 4.90 Å². The van der Waals surface area contributed by atoms with Gasteiger partial charge in [0.2, 0.25) is 5.91 Å². The van der Waals surface area contributed by atoms with Crippen LogP contribution in [0.2, 0.25) is 0 Å². The van der Waals surface area contributed by atoms with Gasteiger partial charge in [-0.05, 0) is 38.0 Å². The summed E-state index contributed by atoms with van der Waals surface area (Å²) < 4.78 is 0. The number of hydrogen-bond donors (Lipinski definition) is 1. The third-order valence-electron chi connectivity index (χ3n) is 4.57. The van der Waals surface area contributed by atoms with Crippen LogP contribution in [0.15, 0.2) is 0 Å². The average Bonchev–Trinajstić information content (AvgIpc) is 2.72.